The van der Waals surface area contributed by atoms with E-state index in [2.05, 4.69) is 27.1 Å². The third-order valence-corrected chi connectivity index (χ3v) is 5.32. The predicted octanol–water partition coefficient (Wildman–Crippen LogP) is 4.26. The molecule has 6 nitrogen and oxygen atoms in total. The number of carbonyl (C=O) groups excluding carboxylic acids is 1. The van der Waals surface area contributed by atoms with Crippen LogP contribution in [0.3, 0.4) is 0 Å². The number of hydrogen-bond donors (Lipinski definition) is 1. The topological polar surface area (TPSA) is 72.7 Å². The highest BCUT2D eigenvalue weighted by Gasteiger charge is 2.21. The molecule has 0 radical (unpaired) electrons. The average molecular weight is 394 g/mol. The summed E-state index contributed by atoms with van der Waals surface area (Å²) >= 11 is 1.37. The van der Waals surface area contributed by atoms with Crippen molar-refractivity contribution in [1.82, 2.24) is 19.7 Å². The molecule has 2 heterocycles. The van der Waals surface area contributed by atoms with Crippen LogP contribution in [-0.4, -0.2) is 30.9 Å². The molecular weight excluding hydrogens is 370 g/mol. The second-order valence-corrected chi connectivity index (χ2v) is 7.82. The third-order valence-electron chi connectivity index (χ3n) is 4.24. The summed E-state index contributed by atoms with van der Waals surface area (Å²) in [6.45, 7) is 10.2. The molecule has 7 heteroatoms. The van der Waals surface area contributed by atoms with E-state index >= 15 is 0 Å². The number of amides is 1. The van der Waals surface area contributed by atoms with E-state index in [1.807, 2.05) is 55.7 Å². The molecule has 0 unspecified atom stereocenters. The average Bonchev–Trinajstić information content (AvgIpc) is 3.07. The van der Waals surface area contributed by atoms with Crippen LogP contribution >= 0.6 is 11.8 Å². The number of pyridine rings is 1. The minimum atomic E-state index is -0.338. The Bertz CT molecular complexity index is 984. The van der Waals surface area contributed by atoms with Gasteiger partial charge in [-0.15, -0.1) is 16.8 Å². The Balaban J connectivity index is 1.78. The molecule has 0 saturated carbocycles. The molecule has 1 aromatic carbocycles. The van der Waals surface area contributed by atoms with Crippen LogP contribution < -0.4 is 5.32 Å². The summed E-state index contributed by atoms with van der Waals surface area (Å²) in [4.78, 5) is 16.8. The van der Waals surface area contributed by atoms with E-state index in [1.165, 1.54) is 17.3 Å². The number of aryl methyl sites for hydroxylation is 2. The van der Waals surface area contributed by atoms with E-state index in [0.29, 0.717) is 17.5 Å². The highest BCUT2D eigenvalue weighted by atomic mass is 32.2. The molecule has 0 spiro atoms. The maximum atomic E-state index is 12.7. The molecule has 0 fully saturated rings. The molecule has 2 aromatic heterocycles. The Kier molecular flexibility index (Phi) is 6.26. The second kappa shape index (κ2) is 8.84. The first-order chi connectivity index (χ1) is 13.5. The number of nitrogens with zero attached hydrogens (tertiary/aromatic N) is 4. The Hall–Kier alpha value is -2.93. The van der Waals surface area contributed by atoms with Gasteiger partial charge in [-0.25, -0.2) is 0 Å². The summed E-state index contributed by atoms with van der Waals surface area (Å²) in [7, 11) is 0. The number of allylic oxidation sites excluding steroid dienone is 1. The summed E-state index contributed by atoms with van der Waals surface area (Å²) in [5.74, 6) is 0.630. The van der Waals surface area contributed by atoms with Gasteiger partial charge in [0.25, 0.3) is 0 Å². The fourth-order valence-corrected chi connectivity index (χ4v) is 3.64. The monoisotopic (exact) mass is 393 g/mol. The van der Waals surface area contributed by atoms with Gasteiger partial charge in [0.1, 0.15) is 0 Å². The van der Waals surface area contributed by atoms with Crippen molar-refractivity contribution in [2.45, 2.75) is 37.7 Å². The normalized spacial score (nSPS) is 11.8. The van der Waals surface area contributed by atoms with Crippen LogP contribution in [0.5, 0.6) is 0 Å². The minimum absolute atomic E-state index is 0.0759. The molecule has 28 heavy (non-hydrogen) atoms. The van der Waals surface area contributed by atoms with Crippen molar-refractivity contribution in [2.75, 3.05) is 5.32 Å². The van der Waals surface area contributed by atoms with Crippen molar-refractivity contribution < 1.29 is 4.79 Å². The summed E-state index contributed by atoms with van der Waals surface area (Å²) in [6, 6.07) is 9.76. The van der Waals surface area contributed by atoms with Gasteiger partial charge in [0.2, 0.25) is 5.91 Å². The van der Waals surface area contributed by atoms with Crippen LogP contribution in [-0.2, 0) is 11.3 Å². The summed E-state index contributed by atoms with van der Waals surface area (Å²) in [5, 5.41) is 11.9. The van der Waals surface area contributed by atoms with Gasteiger partial charge in [-0.3, -0.25) is 14.3 Å². The predicted molar refractivity (Wildman–Crippen MR) is 113 cm³/mol. The van der Waals surface area contributed by atoms with Gasteiger partial charge in [-0.1, -0.05) is 35.5 Å². The highest BCUT2D eigenvalue weighted by molar-refractivity contribution is 8.00. The van der Waals surface area contributed by atoms with Crippen molar-refractivity contribution in [3.63, 3.8) is 0 Å². The van der Waals surface area contributed by atoms with Crippen LogP contribution in [0.4, 0.5) is 5.69 Å². The second-order valence-electron chi connectivity index (χ2n) is 6.51. The van der Waals surface area contributed by atoms with Gasteiger partial charge in [0.15, 0.2) is 11.0 Å². The van der Waals surface area contributed by atoms with Gasteiger partial charge in [-0.05, 0) is 44.5 Å². The zero-order chi connectivity index (χ0) is 20.1. The van der Waals surface area contributed by atoms with Crippen molar-refractivity contribution in [2.24, 2.45) is 0 Å². The zero-order valence-corrected chi connectivity index (χ0v) is 17.0. The van der Waals surface area contributed by atoms with Gasteiger partial charge < -0.3 is 5.32 Å². The lowest BCUT2D eigenvalue weighted by Gasteiger charge is -2.14. The van der Waals surface area contributed by atoms with Crippen LogP contribution in [0.15, 0.2) is 60.5 Å². The number of anilines is 1. The van der Waals surface area contributed by atoms with E-state index in [9.17, 15) is 4.79 Å². The first-order valence-electron chi connectivity index (χ1n) is 8.99. The summed E-state index contributed by atoms with van der Waals surface area (Å²) in [5.41, 5.74) is 3.90. The molecule has 1 amide bonds. The SMILES string of the molecule is C=CCn1c(S[C@H](C)C(=O)Nc2ccc(C)cc2C)nnc1-c1cccnc1. The fourth-order valence-electron chi connectivity index (χ4n) is 2.78. The fraction of sp³-hybridized carbons (Fsp3) is 0.238. The van der Waals surface area contributed by atoms with E-state index < -0.39 is 0 Å². The highest BCUT2D eigenvalue weighted by Crippen LogP contribution is 2.27. The largest absolute Gasteiger partial charge is 0.325 e. The third kappa shape index (κ3) is 4.48. The molecule has 0 aliphatic heterocycles. The summed E-state index contributed by atoms with van der Waals surface area (Å²) in [6.07, 6.45) is 5.24. The van der Waals surface area contributed by atoms with E-state index in [-0.39, 0.29) is 11.2 Å². The standard InChI is InChI=1S/C21H23N5OS/c1-5-11-26-19(17-7-6-10-22-13-17)24-25-21(26)28-16(4)20(27)23-18-9-8-14(2)12-15(18)3/h5-10,12-13,16H,1,11H2,2-4H3,(H,23,27)/t16-/m1/s1. The van der Waals surface area contributed by atoms with Gasteiger partial charge in [0, 0.05) is 30.2 Å². The van der Waals surface area contributed by atoms with Crippen molar-refractivity contribution >= 4 is 23.4 Å². The maximum absolute atomic E-state index is 12.7. The van der Waals surface area contributed by atoms with Crippen molar-refractivity contribution in [3.05, 3.63) is 66.5 Å². The Labute approximate surface area is 169 Å². The van der Waals surface area contributed by atoms with E-state index in [0.717, 1.165) is 16.8 Å². The smallest absolute Gasteiger partial charge is 0.237 e. The molecule has 144 valence electrons. The van der Waals surface area contributed by atoms with Crippen LogP contribution in [0.1, 0.15) is 18.1 Å². The van der Waals surface area contributed by atoms with Crippen LogP contribution in [0.25, 0.3) is 11.4 Å². The number of nitrogens with one attached hydrogen (secondary N) is 1. The lowest BCUT2D eigenvalue weighted by Crippen LogP contribution is -2.23. The number of benzene rings is 1. The lowest BCUT2D eigenvalue weighted by atomic mass is 10.1. The maximum Gasteiger partial charge on any atom is 0.237 e. The number of carbonyl (C=O) groups is 1. The van der Waals surface area contributed by atoms with Crippen molar-refractivity contribution in [1.29, 1.82) is 0 Å². The molecule has 0 saturated heterocycles. The zero-order valence-electron chi connectivity index (χ0n) is 16.2. The Morgan fingerprint density at radius 2 is 2.14 bits per heavy atom. The molecule has 1 N–H and O–H groups in total. The number of thioether (sulfide) groups is 1. The molecule has 0 aliphatic rings. The first kappa shape index (κ1) is 19.8. The lowest BCUT2D eigenvalue weighted by molar-refractivity contribution is -0.115. The van der Waals surface area contributed by atoms with E-state index in [4.69, 9.17) is 0 Å². The molecule has 0 aliphatic carbocycles. The Morgan fingerprint density at radius 3 is 2.82 bits per heavy atom. The van der Waals surface area contributed by atoms with Crippen LogP contribution in [0.2, 0.25) is 0 Å². The number of hydrogen-bond acceptors (Lipinski definition) is 5. The molecule has 3 rings (SSSR count). The molecular formula is C21H23N5OS. The van der Waals surface area contributed by atoms with Gasteiger partial charge in [-0.2, -0.15) is 0 Å². The van der Waals surface area contributed by atoms with E-state index in [1.54, 1.807) is 18.5 Å². The Morgan fingerprint density at radius 1 is 1.32 bits per heavy atom. The molecule has 3 aromatic rings. The number of rotatable bonds is 7. The molecule has 0 bridgehead atoms. The first-order valence-corrected chi connectivity index (χ1v) is 9.87. The molecule has 1 atom stereocenters. The minimum Gasteiger partial charge on any atom is -0.325 e. The van der Waals surface area contributed by atoms with Crippen molar-refractivity contribution in [3.8, 4) is 11.4 Å². The van der Waals surface area contributed by atoms with Gasteiger partial charge in [0.05, 0.1) is 5.25 Å². The van der Waals surface area contributed by atoms with Crippen LogP contribution in [0, 0.1) is 13.8 Å². The number of aromatic nitrogens is 4. The quantitative estimate of drug-likeness (QED) is 0.480. The summed E-state index contributed by atoms with van der Waals surface area (Å²) < 4.78 is 1.94. The van der Waals surface area contributed by atoms with Gasteiger partial charge >= 0.3 is 0 Å².